The van der Waals surface area contributed by atoms with Gasteiger partial charge >= 0.3 is 6.03 Å². The Morgan fingerprint density at radius 1 is 1.15 bits per heavy atom. The van der Waals surface area contributed by atoms with Gasteiger partial charge in [-0.3, -0.25) is 0 Å². The number of carbonyl (C=O) groups excluding carboxylic acids is 1. The molecule has 3 rings (SSSR count). The Bertz CT molecular complexity index is 875. The lowest BCUT2D eigenvalue weighted by atomic mass is 10.2. The van der Waals surface area contributed by atoms with E-state index in [4.69, 9.17) is 0 Å². The van der Waals surface area contributed by atoms with Gasteiger partial charge in [-0.05, 0) is 23.8 Å². The van der Waals surface area contributed by atoms with E-state index >= 15 is 0 Å². The zero-order valence-electron chi connectivity index (χ0n) is 15.7. The molecule has 8 heteroatoms. The predicted molar refractivity (Wildman–Crippen MR) is 104 cm³/mol. The number of hydrogen-bond donors (Lipinski definition) is 1. The first kappa shape index (κ1) is 18.4. The summed E-state index contributed by atoms with van der Waals surface area (Å²) in [4.78, 5) is 24.4. The Kier molecular flexibility index (Phi) is 5.65. The van der Waals surface area contributed by atoms with E-state index in [1.165, 1.54) is 6.33 Å². The van der Waals surface area contributed by atoms with Crippen LogP contribution in [0, 0.1) is 0 Å². The second-order valence-electron chi connectivity index (χ2n) is 6.40. The first-order valence-electron chi connectivity index (χ1n) is 8.58. The van der Waals surface area contributed by atoms with E-state index in [0.717, 1.165) is 16.8 Å². The van der Waals surface area contributed by atoms with Gasteiger partial charge < -0.3 is 15.1 Å². The van der Waals surface area contributed by atoms with Crippen molar-refractivity contribution in [2.24, 2.45) is 0 Å². The molecular weight excluding hydrogens is 342 g/mol. The number of hydrogen-bond acceptors (Lipinski definition) is 5. The second-order valence-corrected chi connectivity index (χ2v) is 6.40. The molecule has 2 heterocycles. The van der Waals surface area contributed by atoms with Crippen LogP contribution in [0.3, 0.4) is 0 Å². The summed E-state index contributed by atoms with van der Waals surface area (Å²) in [6, 6.07) is 11.7. The van der Waals surface area contributed by atoms with Gasteiger partial charge in [0.05, 0.1) is 0 Å². The number of amides is 2. The lowest BCUT2D eigenvalue weighted by Crippen LogP contribution is -2.36. The summed E-state index contributed by atoms with van der Waals surface area (Å²) in [5.74, 6) is 0.650. The van der Waals surface area contributed by atoms with E-state index in [1.54, 1.807) is 29.2 Å². The fourth-order valence-electron chi connectivity index (χ4n) is 2.64. The first-order valence-corrected chi connectivity index (χ1v) is 8.58. The third-order valence-corrected chi connectivity index (χ3v) is 4.15. The minimum Gasteiger partial charge on any atom is -0.378 e. The van der Waals surface area contributed by atoms with Gasteiger partial charge in [0.15, 0.2) is 5.82 Å². The molecule has 0 aliphatic carbocycles. The van der Waals surface area contributed by atoms with Gasteiger partial charge in [0.2, 0.25) is 0 Å². The summed E-state index contributed by atoms with van der Waals surface area (Å²) < 4.78 is 1.58. The standard InChI is InChI=1S/C19H23N7O/c1-24(2)17-8-6-15(7-9-17)12-25(3)19(27)22-11-16-5-4-10-21-18(16)26-14-20-13-23-26/h4-10,13-14H,11-12H2,1-3H3,(H,22,27). The molecule has 0 bridgehead atoms. The molecule has 0 unspecified atom stereocenters. The first-order chi connectivity index (χ1) is 13.0. The number of nitrogens with one attached hydrogen (secondary N) is 1. The quantitative estimate of drug-likeness (QED) is 0.723. The van der Waals surface area contributed by atoms with Crippen LogP contribution in [0.15, 0.2) is 55.2 Å². The van der Waals surface area contributed by atoms with Gasteiger partial charge in [-0.2, -0.15) is 5.10 Å². The van der Waals surface area contributed by atoms with Crippen molar-refractivity contribution in [3.05, 3.63) is 66.4 Å². The van der Waals surface area contributed by atoms with Crippen molar-refractivity contribution in [1.29, 1.82) is 0 Å². The molecule has 0 aliphatic heterocycles. The van der Waals surface area contributed by atoms with Crippen LogP contribution in [-0.2, 0) is 13.1 Å². The van der Waals surface area contributed by atoms with Crippen LogP contribution in [-0.4, -0.2) is 51.8 Å². The molecule has 0 radical (unpaired) electrons. The molecule has 8 nitrogen and oxygen atoms in total. The van der Waals surface area contributed by atoms with Crippen LogP contribution in [0.25, 0.3) is 5.82 Å². The summed E-state index contributed by atoms with van der Waals surface area (Å²) in [6.45, 7) is 0.883. The maximum absolute atomic E-state index is 12.4. The highest BCUT2D eigenvalue weighted by Crippen LogP contribution is 2.14. The van der Waals surface area contributed by atoms with Crippen molar-refractivity contribution in [3.8, 4) is 5.82 Å². The highest BCUT2D eigenvalue weighted by molar-refractivity contribution is 5.74. The summed E-state index contributed by atoms with van der Waals surface area (Å²) in [5, 5.41) is 7.03. The number of nitrogens with zero attached hydrogens (tertiary/aromatic N) is 6. The van der Waals surface area contributed by atoms with Gasteiger partial charge in [0.25, 0.3) is 0 Å². The van der Waals surface area contributed by atoms with Crippen LogP contribution >= 0.6 is 0 Å². The van der Waals surface area contributed by atoms with Crippen LogP contribution in [0.4, 0.5) is 10.5 Å². The molecule has 2 aromatic heterocycles. The van der Waals surface area contributed by atoms with Crippen molar-refractivity contribution in [1.82, 2.24) is 30.0 Å². The summed E-state index contributed by atoms with van der Waals surface area (Å²) in [6.07, 6.45) is 4.72. The van der Waals surface area contributed by atoms with E-state index in [0.29, 0.717) is 18.9 Å². The van der Waals surface area contributed by atoms with E-state index in [9.17, 15) is 4.79 Å². The number of urea groups is 1. The number of carbonyl (C=O) groups is 1. The van der Waals surface area contributed by atoms with Crippen LogP contribution in [0.5, 0.6) is 0 Å². The maximum atomic E-state index is 12.4. The smallest absolute Gasteiger partial charge is 0.317 e. The number of pyridine rings is 1. The van der Waals surface area contributed by atoms with Crippen LogP contribution < -0.4 is 10.2 Å². The Hall–Kier alpha value is -3.42. The monoisotopic (exact) mass is 365 g/mol. The lowest BCUT2D eigenvalue weighted by Gasteiger charge is -2.19. The average molecular weight is 365 g/mol. The van der Waals surface area contributed by atoms with E-state index in [1.807, 2.05) is 55.4 Å². The molecular formula is C19H23N7O. The molecule has 2 amide bonds. The highest BCUT2D eigenvalue weighted by atomic mass is 16.2. The fraction of sp³-hybridized carbons (Fsp3) is 0.263. The summed E-state index contributed by atoms with van der Waals surface area (Å²) in [5.41, 5.74) is 3.06. The second kappa shape index (κ2) is 8.31. The summed E-state index contributed by atoms with van der Waals surface area (Å²) >= 11 is 0. The van der Waals surface area contributed by atoms with Crippen molar-refractivity contribution in [2.45, 2.75) is 13.1 Å². The Morgan fingerprint density at radius 2 is 1.93 bits per heavy atom. The molecule has 140 valence electrons. The Morgan fingerprint density at radius 3 is 2.59 bits per heavy atom. The Labute approximate surface area is 158 Å². The zero-order valence-corrected chi connectivity index (χ0v) is 15.7. The van der Waals surface area contributed by atoms with E-state index < -0.39 is 0 Å². The third-order valence-electron chi connectivity index (χ3n) is 4.15. The molecule has 0 saturated carbocycles. The predicted octanol–water partition coefficient (Wildman–Crippen LogP) is 2.07. The van der Waals surface area contributed by atoms with E-state index in [-0.39, 0.29) is 6.03 Å². The van der Waals surface area contributed by atoms with Crippen molar-refractivity contribution in [2.75, 3.05) is 26.0 Å². The molecule has 0 aliphatic rings. The van der Waals surface area contributed by atoms with E-state index in [2.05, 4.69) is 20.4 Å². The molecule has 0 spiro atoms. The number of rotatable bonds is 6. The maximum Gasteiger partial charge on any atom is 0.317 e. The molecule has 1 aromatic carbocycles. The highest BCUT2D eigenvalue weighted by Gasteiger charge is 2.12. The van der Waals surface area contributed by atoms with Gasteiger partial charge in [0.1, 0.15) is 12.7 Å². The topological polar surface area (TPSA) is 79.2 Å². The number of aromatic nitrogens is 4. The van der Waals surface area contributed by atoms with Crippen LogP contribution in [0.1, 0.15) is 11.1 Å². The van der Waals surface area contributed by atoms with Gasteiger partial charge in [-0.1, -0.05) is 18.2 Å². The number of benzene rings is 1. The molecule has 3 aromatic rings. The minimum absolute atomic E-state index is 0.153. The van der Waals surface area contributed by atoms with Gasteiger partial charge in [-0.15, -0.1) is 0 Å². The molecule has 1 N–H and O–H groups in total. The van der Waals surface area contributed by atoms with Crippen molar-refractivity contribution < 1.29 is 4.79 Å². The Balaban J connectivity index is 1.59. The number of anilines is 1. The molecule has 27 heavy (non-hydrogen) atoms. The largest absolute Gasteiger partial charge is 0.378 e. The zero-order chi connectivity index (χ0) is 19.2. The molecule has 0 fully saturated rings. The fourth-order valence-corrected chi connectivity index (χ4v) is 2.64. The van der Waals surface area contributed by atoms with Crippen molar-refractivity contribution >= 4 is 11.7 Å². The van der Waals surface area contributed by atoms with Gasteiger partial charge in [0, 0.05) is 51.7 Å². The van der Waals surface area contributed by atoms with Crippen molar-refractivity contribution in [3.63, 3.8) is 0 Å². The normalized spacial score (nSPS) is 10.5. The third kappa shape index (κ3) is 4.60. The summed E-state index contributed by atoms with van der Waals surface area (Å²) in [7, 11) is 5.78. The minimum atomic E-state index is -0.153. The van der Waals surface area contributed by atoms with Crippen LogP contribution in [0.2, 0.25) is 0 Å². The molecule has 0 atom stereocenters. The van der Waals surface area contributed by atoms with Gasteiger partial charge in [-0.25, -0.2) is 19.4 Å². The SMILES string of the molecule is CN(Cc1ccc(N(C)C)cc1)C(=O)NCc1cccnc1-n1cncn1. The average Bonchev–Trinajstić information content (AvgIpc) is 3.21. The lowest BCUT2D eigenvalue weighted by molar-refractivity contribution is 0.206. The molecule has 0 saturated heterocycles.